The van der Waals surface area contributed by atoms with Crippen molar-refractivity contribution in [3.8, 4) is 12.3 Å². The highest BCUT2D eigenvalue weighted by molar-refractivity contribution is 14.1. The zero-order valence-corrected chi connectivity index (χ0v) is 12.1. The quantitative estimate of drug-likeness (QED) is 0.427. The van der Waals surface area contributed by atoms with E-state index in [2.05, 4.69) is 35.1 Å². The molecule has 0 saturated carbocycles. The largest absolute Gasteiger partial charge is 0.340 e. The average Bonchev–Trinajstić information content (AvgIpc) is 2.27. The Morgan fingerprint density at radius 1 is 1.56 bits per heavy atom. The van der Waals surface area contributed by atoms with Crippen LogP contribution in [0.15, 0.2) is 10.2 Å². The summed E-state index contributed by atoms with van der Waals surface area (Å²) < 4.78 is 12.1. The summed E-state index contributed by atoms with van der Waals surface area (Å²) in [6, 6.07) is 0. The normalized spacial score (nSPS) is 21.1. The van der Waals surface area contributed by atoms with E-state index in [-0.39, 0.29) is 5.38 Å². The summed E-state index contributed by atoms with van der Waals surface area (Å²) in [5.41, 5.74) is 0. The number of alkyl halides is 1. The standard InChI is InChI=1S/C12H16ClIO2/c1-3-12(15-7-4-8-16-12)6-5-11(13)9-10(2)14/h1,11H,2,4-9H2/t11-/m1/s1. The van der Waals surface area contributed by atoms with Crippen LogP contribution in [-0.2, 0) is 9.47 Å². The number of terminal acetylenes is 1. The van der Waals surface area contributed by atoms with Crippen LogP contribution in [0.4, 0.5) is 0 Å². The highest BCUT2D eigenvalue weighted by atomic mass is 127. The summed E-state index contributed by atoms with van der Waals surface area (Å²) >= 11 is 8.35. The van der Waals surface area contributed by atoms with E-state index in [0.29, 0.717) is 19.6 Å². The van der Waals surface area contributed by atoms with Crippen molar-refractivity contribution in [2.24, 2.45) is 0 Å². The third kappa shape index (κ3) is 4.62. The van der Waals surface area contributed by atoms with Gasteiger partial charge in [-0.1, -0.05) is 6.58 Å². The lowest BCUT2D eigenvalue weighted by molar-refractivity contribution is -0.233. The molecular formula is C12H16ClIO2. The fourth-order valence-electron chi connectivity index (χ4n) is 1.56. The van der Waals surface area contributed by atoms with Gasteiger partial charge in [-0.3, -0.25) is 0 Å². The van der Waals surface area contributed by atoms with E-state index >= 15 is 0 Å². The molecule has 90 valence electrons. The fourth-order valence-corrected chi connectivity index (χ4v) is 2.65. The molecule has 0 unspecified atom stereocenters. The van der Waals surface area contributed by atoms with E-state index in [0.717, 1.165) is 22.8 Å². The van der Waals surface area contributed by atoms with Crippen LogP contribution in [0, 0.1) is 12.3 Å². The van der Waals surface area contributed by atoms with E-state index < -0.39 is 5.79 Å². The van der Waals surface area contributed by atoms with Crippen LogP contribution in [0.25, 0.3) is 0 Å². The van der Waals surface area contributed by atoms with E-state index in [1.54, 1.807) is 0 Å². The first kappa shape index (κ1) is 14.3. The maximum absolute atomic E-state index is 6.17. The van der Waals surface area contributed by atoms with Crippen LogP contribution >= 0.6 is 34.2 Å². The Bertz CT molecular complexity index is 279. The molecule has 0 bridgehead atoms. The molecule has 16 heavy (non-hydrogen) atoms. The van der Waals surface area contributed by atoms with Crippen LogP contribution in [0.2, 0.25) is 0 Å². The first-order valence-corrected chi connectivity index (χ1v) is 6.82. The predicted molar refractivity (Wildman–Crippen MR) is 74.7 cm³/mol. The maximum atomic E-state index is 6.17. The van der Waals surface area contributed by atoms with Gasteiger partial charge in [0, 0.05) is 11.8 Å². The highest BCUT2D eigenvalue weighted by Crippen LogP contribution is 2.27. The van der Waals surface area contributed by atoms with Gasteiger partial charge in [-0.05, 0) is 51.4 Å². The van der Waals surface area contributed by atoms with Gasteiger partial charge in [0.25, 0.3) is 0 Å². The Kier molecular flexibility index (Phi) is 6.12. The molecule has 2 nitrogen and oxygen atoms in total. The highest BCUT2D eigenvalue weighted by Gasteiger charge is 2.32. The first-order chi connectivity index (χ1) is 7.58. The number of ether oxygens (including phenoxy) is 2. The zero-order valence-electron chi connectivity index (χ0n) is 9.18. The van der Waals surface area contributed by atoms with Gasteiger partial charge in [0.1, 0.15) is 0 Å². The summed E-state index contributed by atoms with van der Waals surface area (Å²) in [5.74, 6) is 1.75. The number of rotatable bonds is 5. The third-order valence-electron chi connectivity index (χ3n) is 2.41. The molecule has 4 heteroatoms. The fraction of sp³-hybridized carbons (Fsp3) is 0.667. The van der Waals surface area contributed by atoms with Crippen molar-refractivity contribution in [2.45, 2.75) is 36.8 Å². The molecule has 0 aromatic carbocycles. The van der Waals surface area contributed by atoms with Crippen molar-refractivity contribution >= 4 is 34.2 Å². The number of halogens is 2. The summed E-state index contributed by atoms with van der Waals surface area (Å²) in [5, 5.41) is 0.0451. The van der Waals surface area contributed by atoms with Gasteiger partial charge >= 0.3 is 0 Å². The van der Waals surface area contributed by atoms with Crippen molar-refractivity contribution in [1.29, 1.82) is 0 Å². The Labute approximate surface area is 116 Å². The summed E-state index contributed by atoms with van der Waals surface area (Å²) in [4.78, 5) is 0. The Balaban J connectivity index is 2.39. The molecule has 1 fully saturated rings. The molecular weight excluding hydrogens is 338 g/mol. The molecule has 0 N–H and O–H groups in total. The predicted octanol–water partition coefficient (Wildman–Crippen LogP) is 3.48. The third-order valence-corrected chi connectivity index (χ3v) is 3.22. The van der Waals surface area contributed by atoms with Gasteiger partial charge in [0.05, 0.1) is 13.2 Å². The topological polar surface area (TPSA) is 18.5 Å². The van der Waals surface area contributed by atoms with E-state index in [4.69, 9.17) is 27.5 Å². The molecule has 1 saturated heterocycles. The smallest absolute Gasteiger partial charge is 0.233 e. The van der Waals surface area contributed by atoms with E-state index in [9.17, 15) is 0 Å². The summed E-state index contributed by atoms with van der Waals surface area (Å²) in [6.07, 6.45) is 8.57. The van der Waals surface area contributed by atoms with Crippen LogP contribution in [-0.4, -0.2) is 24.4 Å². The van der Waals surface area contributed by atoms with Crippen LogP contribution in [0.1, 0.15) is 25.7 Å². The van der Waals surface area contributed by atoms with Crippen LogP contribution in [0.5, 0.6) is 0 Å². The van der Waals surface area contributed by atoms with Crippen molar-refractivity contribution in [1.82, 2.24) is 0 Å². The van der Waals surface area contributed by atoms with Gasteiger partial charge < -0.3 is 9.47 Å². The second-order valence-electron chi connectivity index (χ2n) is 3.81. The van der Waals surface area contributed by atoms with Gasteiger partial charge in [0.2, 0.25) is 5.79 Å². The molecule has 1 rings (SSSR count). The minimum absolute atomic E-state index is 0.0451. The monoisotopic (exact) mass is 354 g/mol. The van der Waals surface area contributed by atoms with Crippen molar-refractivity contribution in [3.63, 3.8) is 0 Å². The average molecular weight is 355 g/mol. The lowest BCUT2D eigenvalue weighted by atomic mass is 10.1. The van der Waals surface area contributed by atoms with E-state index in [1.807, 2.05) is 0 Å². The maximum Gasteiger partial charge on any atom is 0.233 e. The number of hydrogen-bond donors (Lipinski definition) is 0. The van der Waals surface area contributed by atoms with Crippen molar-refractivity contribution in [2.75, 3.05) is 13.2 Å². The number of hydrogen-bond acceptors (Lipinski definition) is 2. The van der Waals surface area contributed by atoms with Crippen molar-refractivity contribution in [3.05, 3.63) is 10.2 Å². The van der Waals surface area contributed by atoms with Gasteiger partial charge in [0.15, 0.2) is 0 Å². The van der Waals surface area contributed by atoms with Gasteiger partial charge in [-0.25, -0.2) is 0 Å². The first-order valence-electron chi connectivity index (χ1n) is 5.31. The second-order valence-corrected chi connectivity index (χ2v) is 5.95. The molecule has 1 aliphatic heterocycles. The molecule has 1 atom stereocenters. The SMILES string of the molecule is C#CC1(CC[C@@H](Cl)CC(=C)I)OCCCO1. The summed E-state index contributed by atoms with van der Waals surface area (Å²) in [6.45, 7) is 5.15. The van der Waals surface area contributed by atoms with Gasteiger partial charge in [-0.15, -0.1) is 18.0 Å². The Morgan fingerprint density at radius 2 is 2.19 bits per heavy atom. The minimum Gasteiger partial charge on any atom is -0.340 e. The zero-order chi connectivity index (χ0) is 12.0. The lowest BCUT2D eigenvalue weighted by Gasteiger charge is -2.33. The molecule has 1 aliphatic rings. The van der Waals surface area contributed by atoms with Crippen LogP contribution < -0.4 is 0 Å². The second kappa shape index (κ2) is 6.85. The molecule has 0 spiro atoms. The molecule has 0 aliphatic carbocycles. The molecule has 0 aromatic heterocycles. The van der Waals surface area contributed by atoms with Crippen LogP contribution in [0.3, 0.4) is 0 Å². The molecule has 0 amide bonds. The summed E-state index contributed by atoms with van der Waals surface area (Å²) in [7, 11) is 0. The molecule has 0 aromatic rings. The Hall–Kier alpha value is 0.240. The van der Waals surface area contributed by atoms with Gasteiger partial charge in [-0.2, -0.15) is 0 Å². The van der Waals surface area contributed by atoms with Crippen molar-refractivity contribution < 1.29 is 9.47 Å². The van der Waals surface area contributed by atoms with E-state index in [1.165, 1.54) is 0 Å². The molecule has 0 radical (unpaired) electrons. The lowest BCUT2D eigenvalue weighted by Crippen LogP contribution is -2.39. The molecule has 1 heterocycles. The number of allylic oxidation sites excluding steroid dienone is 1. The minimum atomic E-state index is -0.849. The Morgan fingerprint density at radius 3 is 2.69 bits per heavy atom.